The molecule has 0 saturated carbocycles. The number of pyridine rings is 1. The Balaban J connectivity index is 2.09. The van der Waals surface area contributed by atoms with E-state index in [-0.39, 0.29) is 0 Å². The summed E-state index contributed by atoms with van der Waals surface area (Å²) in [4.78, 5) is 6.96. The van der Waals surface area contributed by atoms with Gasteiger partial charge in [-0.3, -0.25) is 4.98 Å². The second-order valence-corrected chi connectivity index (χ2v) is 5.50. The number of nitrogens with zero attached hydrogens (tertiary/aromatic N) is 2. The Morgan fingerprint density at radius 3 is 2.68 bits per heavy atom. The van der Waals surface area contributed by atoms with Gasteiger partial charge in [0, 0.05) is 43.4 Å². The Labute approximate surface area is 114 Å². The number of nitrogens with one attached hydrogen (secondary N) is 1. The number of piperazine rings is 1. The molecule has 0 radical (unpaired) electrons. The maximum atomic E-state index is 4.49. The molecule has 3 nitrogen and oxygen atoms in total. The molecule has 1 aliphatic heterocycles. The highest BCUT2D eigenvalue weighted by molar-refractivity contribution is 5.92. The van der Waals surface area contributed by atoms with Gasteiger partial charge in [0.25, 0.3) is 0 Å². The van der Waals surface area contributed by atoms with Crippen molar-refractivity contribution in [2.75, 3.05) is 31.1 Å². The SMILES string of the molecule is CC(C)c1ccc2nccc(N3CCNCC3)c2c1. The molecule has 2 aromatic rings. The number of fused-ring (bicyclic) bond motifs is 1. The summed E-state index contributed by atoms with van der Waals surface area (Å²) in [5, 5.41) is 4.69. The lowest BCUT2D eigenvalue weighted by Gasteiger charge is -2.30. The number of aromatic nitrogens is 1. The van der Waals surface area contributed by atoms with E-state index in [4.69, 9.17) is 0 Å². The first-order valence-electron chi connectivity index (χ1n) is 7.10. The molecule has 0 amide bonds. The third-order valence-corrected chi connectivity index (χ3v) is 3.87. The van der Waals surface area contributed by atoms with Crippen molar-refractivity contribution >= 4 is 16.6 Å². The fraction of sp³-hybridized carbons (Fsp3) is 0.438. The number of hydrogen-bond acceptors (Lipinski definition) is 3. The van der Waals surface area contributed by atoms with E-state index in [1.165, 1.54) is 16.6 Å². The normalized spacial score (nSPS) is 16.3. The monoisotopic (exact) mass is 255 g/mol. The lowest BCUT2D eigenvalue weighted by Crippen LogP contribution is -2.43. The van der Waals surface area contributed by atoms with Crippen LogP contribution in [0.25, 0.3) is 10.9 Å². The van der Waals surface area contributed by atoms with E-state index in [1.807, 2.05) is 6.20 Å². The van der Waals surface area contributed by atoms with E-state index < -0.39 is 0 Å². The Morgan fingerprint density at radius 1 is 1.16 bits per heavy atom. The fourth-order valence-corrected chi connectivity index (χ4v) is 2.69. The van der Waals surface area contributed by atoms with Gasteiger partial charge in [0.1, 0.15) is 0 Å². The van der Waals surface area contributed by atoms with Crippen LogP contribution >= 0.6 is 0 Å². The molecule has 0 bridgehead atoms. The zero-order valence-corrected chi connectivity index (χ0v) is 11.7. The van der Waals surface area contributed by atoms with Gasteiger partial charge in [-0.1, -0.05) is 19.9 Å². The molecule has 0 spiro atoms. The van der Waals surface area contributed by atoms with Crippen molar-refractivity contribution in [1.82, 2.24) is 10.3 Å². The minimum atomic E-state index is 0.556. The Morgan fingerprint density at radius 2 is 1.95 bits per heavy atom. The molecule has 2 heterocycles. The van der Waals surface area contributed by atoms with E-state index in [0.717, 1.165) is 31.7 Å². The van der Waals surface area contributed by atoms with Crippen LogP contribution in [0.2, 0.25) is 0 Å². The van der Waals surface area contributed by atoms with Gasteiger partial charge in [-0.2, -0.15) is 0 Å². The van der Waals surface area contributed by atoms with Gasteiger partial charge in [0.05, 0.1) is 5.52 Å². The Hall–Kier alpha value is -1.61. The van der Waals surface area contributed by atoms with Gasteiger partial charge in [0.15, 0.2) is 0 Å². The third-order valence-electron chi connectivity index (χ3n) is 3.87. The van der Waals surface area contributed by atoms with E-state index >= 15 is 0 Å². The molecule has 100 valence electrons. The molecule has 0 aliphatic carbocycles. The molecular formula is C16H21N3. The highest BCUT2D eigenvalue weighted by Crippen LogP contribution is 2.28. The standard InChI is InChI=1S/C16H21N3/c1-12(2)13-3-4-15-14(11-13)16(5-6-18-15)19-9-7-17-8-10-19/h3-6,11-12,17H,7-10H2,1-2H3. The molecular weight excluding hydrogens is 234 g/mol. The largest absolute Gasteiger partial charge is 0.368 e. The summed E-state index contributed by atoms with van der Waals surface area (Å²) in [5.74, 6) is 0.556. The minimum absolute atomic E-state index is 0.556. The van der Waals surface area contributed by atoms with Gasteiger partial charge >= 0.3 is 0 Å². The smallest absolute Gasteiger partial charge is 0.0722 e. The van der Waals surface area contributed by atoms with Crippen LogP contribution in [0.3, 0.4) is 0 Å². The molecule has 1 aromatic carbocycles. The molecule has 3 heteroatoms. The van der Waals surface area contributed by atoms with Gasteiger partial charge in [-0.05, 0) is 29.7 Å². The molecule has 1 fully saturated rings. The zero-order valence-electron chi connectivity index (χ0n) is 11.7. The predicted molar refractivity (Wildman–Crippen MR) is 80.9 cm³/mol. The first-order chi connectivity index (χ1) is 9.25. The highest BCUT2D eigenvalue weighted by Gasteiger charge is 2.14. The van der Waals surface area contributed by atoms with Crippen molar-refractivity contribution in [2.45, 2.75) is 19.8 Å². The van der Waals surface area contributed by atoms with Crippen LogP contribution in [0.15, 0.2) is 30.5 Å². The highest BCUT2D eigenvalue weighted by atomic mass is 15.2. The van der Waals surface area contributed by atoms with Crippen molar-refractivity contribution in [3.05, 3.63) is 36.0 Å². The average molecular weight is 255 g/mol. The van der Waals surface area contributed by atoms with Gasteiger partial charge in [-0.25, -0.2) is 0 Å². The van der Waals surface area contributed by atoms with E-state index in [2.05, 4.69) is 53.3 Å². The van der Waals surface area contributed by atoms with Gasteiger partial charge in [-0.15, -0.1) is 0 Å². The van der Waals surface area contributed by atoms with E-state index in [9.17, 15) is 0 Å². The summed E-state index contributed by atoms with van der Waals surface area (Å²) < 4.78 is 0. The summed E-state index contributed by atoms with van der Waals surface area (Å²) in [7, 11) is 0. The maximum Gasteiger partial charge on any atom is 0.0722 e. The van der Waals surface area contributed by atoms with Crippen LogP contribution in [0.5, 0.6) is 0 Å². The molecule has 1 aliphatic rings. The average Bonchev–Trinajstić information content (AvgIpc) is 2.47. The maximum absolute atomic E-state index is 4.49. The summed E-state index contributed by atoms with van der Waals surface area (Å²) >= 11 is 0. The summed E-state index contributed by atoms with van der Waals surface area (Å²) in [6.45, 7) is 8.75. The second kappa shape index (κ2) is 5.17. The van der Waals surface area contributed by atoms with Gasteiger partial charge < -0.3 is 10.2 Å². The van der Waals surface area contributed by atoms with Crippen molar-refractivity contribution in [2.24, 2.45) is 0 Å². The van der Waals surface area contributed by atoms with Crippen LogP contribution in [-0.2, 0) is 0 Å². The molecule has 0 unspecified atom stereocenters. The van der Waals surface area contributed by atoms with Crippen molar-refractivity contribution in [3.63, 3.8) is 0 Å². The predicted octanol–water partition coefficient (Wildman–Crippen LogP) is 2.77. The van der Waals surface area contributed by atoms with Crippen LogP contribution in [-0.4, -0.2) is 31.2 Å². The number of anilines is 1. The Kier molecular flexibility index (Phi) is 3.38. The molecule has 1 aromatic heterocycles. The minimum Gasteiger partial charge on any atom is -0.368 e. The van der Waals surface area contributed by atoms with Crippen LogP contribution in [0, 0.1) is 0 Å². The summed E-state index contributed by atoms with van der Waals surface area (Å²) in [5.41, 5.74) is 3.81. The summed E-state index contributed by atoms with van der Waals surface area (Å²) in [6.07, 6.45) is 1.93. The molecule has 0 atom stereocenters. The molecule has 1 saturated heterocycles. The number of benzene rings is 1. The topological polar surface area (TPSA) is 28.2 Å². The lowest BCUT2D eigenvalue weighted by atomic mass is 10.00. The van der Waals surface area contributed by atoms with Crippen molar-refractivity contribution < 1.29 is 0 Å². The van der Waals surface area contributed by atoms with Crippen molar-refractivity contribution in [3.8, 4) is 0 Å². The molecule has 1 N–H and O–H groups in total. The first-order valence-corrected chi connectivity index (χ1v) is 7.10. The Bertz CT molecular complexity index is 571. The second-order valence-electron chi connectivity index (χ2n) is 5.50. The van der Waals surface area contributed by atoms with Crippen LogP contribution < -0.4 is 10.2 Å². The van der Waals surface area contributed by atoms with Crippen molar-refractivity contribution in [1.29, 1.82) is 0 Å². The molecule has 19 heavy (non-hydrogen) atoms. The lowest BCUT2D eigenvalue weighted by molar-refractivity contribution is 0.590. The first kappa shape index (κ1) is 12.4. The number of rotatable bonds is 2. The fourth-order valence-electron chi connectivity index (χ4n) is 2.69. The van der Waals surface area contributed by atoms with E-state index in [1.54, 1.807) is 0 Å². The van der Waals surface area contributed by atoms with Gasteiger partial charge in [0.2, 0.25) is 0 Å². The quantitative estimate of drug-likeness (QED) is 0.894. The van der Waals surface area contributed by atoms with Crippen LogP contribution in [0.4, 0.5) is 5.69 Å². The number of hydrogen-bond donors (Lipinski definition) is 1. The van der Waals surface area contributed by atoms with E-state index in [0.29, 0.717) is 5.92 Å². The van der Waals surface area contributed by atoms with Crippen LogP contribution in [0.1, 0.15) is 25.3 Å². The third kappa shape index (κ3) is 2.43. The summed E-state index contributed by atoms with van der Waals surface area (Å²) in [6, 6.07) is 8.81. The molecule has 3 rings (SSSR count). The zero-order chi connectivity index (χ0) is 13.2.